The third-order valence-electron chi connectivity index (χ3n) is 6.14. The zero-order valence-electron chi connectivity index (χ0n) is 18.4. The Morgan fingerprint density at radius 1 is 0.968 bits per heavy atom. The highest BCUT2D eigenvalue weighted by molar-refractivity contribution is 6.00. The first-order valence-electron chi connectivity index (χ1n) is 11.1. The van der Waals surface area contributed by atoms with Crippen molar-refractivity contribution < 1.29 is 9.53 Å². The smallest absolute Gasteiger partial charge is 0.167 e. The SMILES string of the molecule is COc1ccc(-c2cccc(C(=O)Cc3ccc(N4CCCCCC4)nc3)c2C)cc1. The average Bonchev–Trinajstić information content (AvgIpc) is 3.09. The molecule has 0 radical (unpaired) electrons. The predicted octanol–water partition coefficient (Wildman–Crippen LogP) is 5.87. The van der Waals surface area contributed by atoms with Crippen LogP contribution in [0.15, 0.2) is 60.8 Å². The number of carbonyl (C=O) groups is 1. The molecular weight excluding hydrogens is 384 g/mol. The van der Waals surface area contributed by atoms with Gasteiger partial charge in [0.15, 0.2) is 5.78 Å². The summed E-state index contributed by atoms with van der Waals surface area (Å²) in [6, 6.07) is 18.0. The molecule has 160 valence electrons. The molecule has 3 aromatic rings. The number of methoxy groups -OCH3 is 1. The predicted molar refractivity (Wildman–Crippen MR) is 126 cm³/mol. The summed E-state index contributed by atoms with van der Waals surface area (Å²) >= 11 is 0. The fourth-order valence-corrected chi connectivity index (χ4v) is 4.31. The molecule has 31 heavy (non-hydrogen) atoms. The molecule has 0 spiro atoms. The number of rotatable bonds is 6. The summed E-state index contributed by atoms with van der Waals surface area (Å²) in [5.74, 6) is 1.97. The highest BCUT2D eigenvalue weighted by Crippen LogP contribution is 2.28. The molecule has 0 amide bonds. The van der Waals surface area contributed by atoms with Crippen molar-refractivity contribution in [2.45, 2.75) is 39.0 Å². The van der Waals surface area contributed by atoms with E-state index in [4.69, 9.17) is 4.74 Å². The van der Waals surface area contributed by atoms with E-state index in [2.05, 4.69) is 22.0 Å². The van der Waals surface area contributed by atoms with Crippen LogP contribution in [0.4, 0.5) is 5.82 Å². The van der Waals surface area contributed by atoms with Crippen LogP contribution in [0.1, 0.15) is 47.2 Å². The second kappa shape index (κ2) is 9.78. The lowest BCUT2D eigenvalue weighted by atomic mass is 9.93. The van der Waals surface area contributed by atoms with Gasteiger partial charge >= 0.3 is 0 Å². The second-order valence-electron chi connectivity index (χ2n) is 8.23. The Bertz CT molecular complexity index is 1020. The number of anilines is 1. The van der Waals surface area contributed by atoms with Gasteiger partial charge in [0, 0.05) is 31.3 Å². The Morgan fingerprint density at radius 3 is 2.35 bits per heavy atom. The number of carbonyl (C=O) groups excluding carboxylic acids is 1. The number of hydrogen-bond acceptors (Lipinski definition) is 4. The number of hydrogen-bond donors (Lipinski definition) is 0. The quantitative estimate of drug-likeness (QED) is 0.473. The van der Waals surface area contributed by atoms with Crippen molar-refractivity contribution in [1.82, 2.24) is 4.98 Å². The summed E-state index contributed by atoms with van der Waals surface area (Å²) in [5, 5.41) is 0. The summed E-state index contributed by atoms with van der Waals surface area (Å²) in [6.07, 6.45) is 7.29. The van der Waals surface area contributed by atoms with Crippen LogP contribution in [0.2, 0.25) is 0 Å². The summed E-state index contributed by atoms with van der Waals surface area (Å²) in [6.45, 7) is 4.17. The normalized spacial score (nSPS) is 14.2. The van der Waals surface area contributed by atoms with Crippen molar-refractivity contribution in [2.24, 2.45) is 0 Å². The van der Waals surface area contributed by atoms with E-state index >= 15 is 0 Å². The summed E-state index contributed by atoms with van der Waals surface area (Å²) < 4.78 is 5.25. The van der Waals surface area contributed by atoms with Gasteiger partial charge in [0.1, 0.15) is 11.6 Å². The fraction of sp³-hybridized carbons (Fsp3) is 0.333. The minimum absolute atomic E-state index is 0.122. The van der Waals surface area contributed by atoms with Gasteiger partial charge in [-0.1, -0.05) is 49.2 Å². The van der Waals surface area contributed by atoms with Crippen LogP contribution in [0, 0.1) is 6.92 Å². The zero-order chi connectivity index (χ0) is 21.6. The molecule has 2 heterocycles. The molecule has 4 rings (SSSR count). The molecular formula is C27H30N2O2. The Morgan fingerprint density at radius 2 is 1.71 bits per heavy atom. The van der Waals surface area contributed by atoms with Crippen molar-refractivity contribution in [2.75, 3.05) is 25.1 Å². The first kappa shape index (κ1) is 21.1. The van der Waals surface area contributed by atoms with Crippen LogP contribution < -0.4 is 9.64 Å². The van der Waals surface area contributed by atoms with E-state index in [-0.39, 0.29) is 5.78 Å². The van der Waals surface area contributed by atoms with Gasteiger partial charge in [0.2, 0.25) is 0 Å². The number of ketones is 1. The lowest BCUT2D eigenvalue weighted by molar-refractivity contribution is 0.0992. The van der Waals surface area contributed by atoms with Gasteiger partial charge in [-0.15, -0.1) is 0 Å². The number of pyridine rings is 1. The van der Waals surface area contributed by atoms with E-state index in [1.807, 2.05) is 55.6 Å². The molecule has 0 unspecified atom stereocenters. The Balaban J connectivity index is 1.49. The van der Waals surface area contributed by atoms with Gasteiger partial charge in [-0.2, -0.15) is 0 Å². The number of Topliss-reactive ketones (excluding diaryl/α,β-unsaturated/α-hetero) is 1. The highest BCUT2D eigenvalue weighted by atomic mass is 16.5. The molecule has 1 aromatic heterocycles. The minimum Gasteiger partial charge on any atom is -0.497 e. The van der Waals surface area contributed by atoms with Crippen molar-refractivity contribution in [3.63, 3.8) is 0 Å². The van der Waals surface area contributed by atoms with E-state index in [1.165, 1.54) is 25.7 Å². The first-order valence-corrected chi connectivity index (χ1v) is 11.1. The third kappa shape index (κ3) is 4.96. The summed E-state index contributed by atoms with van der Waals surface area (Å²) in [7, 11) is 1.66. The molecule has 1 saturated heterocycles. The molecule has 1 fully saturated rings. The third-order valence-corrected chi connectivity index (χ3v) is 6.14. The van der Waals surface area contributed by atoms with Crippen LogP contribution in [0.25, 0.3) is 11.1 Å². The van der Waals surface area contributed by atoms with E-state index in [0.717, 1.165) is 52.5 Å². The van der Waals surface area contributed by atoms with Gasteiger partial charge in [-0.05, 0) is 60.2 Å². The average molecular weight is 415 g/mol. The molecule has 0 aliphatic carbocycles. The molecule has 0 bridgehead atoms. The Kier molecular flexibility index (Phi) is 6.66. The topological polar surface area (TPSA) is 42.4 Å². The first-order chi connectivity index (χ1) is 15.2. The van der Waals surface area contributed by atoms with Crippen LogP contribution >= 0.6 is 0 Å². The van der Waals surface area contributed by atoms with Crippen molar-refractivity contribution in [1.29, 1.82) is 0 Å². The van der Waals surface area contributed by atoms with Crippen molar-refractivity contribution in [3.8, 4) is 16.9 Å². The molecule has 2 aromatic carbocycles. The van der Waals surface area contributed by atoms with Gasteiger partial charge in [-0.3, -0.25) is 4.79 Å². The van der Waals surface area contributed by atoms with Gasteiger partial charge < -0.3 is 9.64 Å². The monoisotopic (exact) mass is 414 g/mol. The number of nitrogens with zero attached hydrogens (tertiary/aromatic N) is 2. The molecule has 4 nitrogen and oxygen atoms in total. The molecule has 1 aliphatic rings. The minimum atomic E-state index is 0.122. The van der Waals surface area contributed by atoms with Crippen molar-refractivity contribution >= 4 is 11.6 Å². The lowest BCUT2D eigenvalue weighted by Crippen LogP contribution is -2.24. The van der Waals surface area contributed by atoms with Crippen LogP contribution in [0.3, 0.4) is 0 Å². The maximum atomic E-state index is 13.1. The van der Waals surface area contributed by atoms with E-state index in [0.29, 0.717) is 6.42 Å². The molecule has 0 atom stereocenters. The maximum Gasteiger partial charge on any atom is 0.167 e. The van der Waals surface area contributed by atoms with Gasteiger partial charge in [0.05, 0.1) is 7.11 Å². The van der Waals surface area contributed by atoms with E-state index in [1.54, 1.807) is 7.11 Å². The standard InChI is InChI=1S/C27H30N2O2/c1-20-24(22-11-13-23(31-2)14-12-22)8-7-9-25(20)26(30)18-21-10-15-27(28-19-21)29-16-5-3-4-6-17-29/h7-15,19H,3-6,16-18H2,1-2H3. The van der Waals surface area contributed by atoms with Crippen LogP contribution in [0.5, 0.6) is 5.75 Å². The van der Waals surface area contributed by atoms with Gasteiger partial charge in [-0.25, -0.2) is 4.98 Å². The number of ether oxygens (including phenoxy) is 1. The highest BCUT2D eigenvalue weighted by Gasteiger charge is 2.15. The fourth-order valence-electron chi connectivity index (χ4n) is 4.31. The lowest BCUT2D eigenvalue weighted by Gasteiger charge is -2.21. The van der Waals surface area contributed by atoms with E-state index < -0.39 is 0 Å². The zero-order valence-corrected chi connectivity index (χ0v) is 18.4. The summed E-state index contributed by atoms with van der Waals surface area (Å²) in [5.41, 5.74) is 4.88. The second-order valence-corrected chi connectivity index (χ2v) is 8.23. The Hall–Kier alpha value is -3.14. The van der Waals surface area contributed by atoms with E-state index in [9.17, 15) is 4.79 Å². The molecule has 4 heteroatoms. The van der Waals surface area contributed by atoms with Crippen molar-refractivity contribution in [3.05, 3.63) is 77.5 Å². The largest absolute Gasteiger partial charge is 0.497 e. The molecule has 1 aliphatic heterocycles. The molecule has 0 saturated carbocycles. The summed E-state index contributed by atoms with van der Waals surface area (Å²) in [4.78, 5) is 20.1. The maximum absolute atomic E-state index is 13.1. The number of aromatic nitrogens is 1. The van der Waals surface area contributed by atoms with Gasteiger partial charge in [0.25, 0.3) is 0 Å². The van der Waals surface area contributed by atoms with Crippen LogP contribution in [-0.2, 0) is 6.42 Å². The Labute approximate surface area is 184 Å². The molecule has 0 N–H and O–H groups in total. The number of benzene rings is 2. The van der Waals surface area contributed by atoms with Crippen LogP contribution in [-0.4, -0.2) is 31.0 Å².